The van der Waals surface area contributed by atoms with Crippen molar-refractivity contribution in [1.29, 1.82) is 0 Å². The number of Topliss-reactive ketones (excluding diaryl/α,β-unsaturated/α-hetero) is 1. The average Bonchev–Trinajstić information content (AvgIpc) is 2.74. The second-order valence-electron chi connectivity index (χ2n) is 23.2. The van der Waals surface area contributed by atoms with Crippen molar-refractivity contribution in [3.63, 3.8) is 0 Å². The van der Waals surface area contributed by atoms with Crippen LogP contribution in [0.15, 0.2) is 0 Å². The zero-order valence-corrected chi connectivity index (χ0v) is 51.5. The number of carbonyl (C=O) groups is 7. The van der Waals surface area contributed by atoms with Gasteiger partial charge in [-0.1, -0.05) is 33.6 Å². The second kappa shape index (κ2) is 43.7. The van der Waals surface area contributed by atoms with Gasteiger partial charge in [-0.05, 0) is 83.5 Å². The normalized spacial score (nSPS) is 28.0. The molecular formula is C59H105N5O23. The van der Waals surface area contributed by atoms with Gasteiger partial charge in [0.2, 0.25) is 35.4 Å². The fourth-order valence-electron chi connectivity index (χ4n) is 10.3. The van der Waals surface area contributed by atoms with Crippen LogP contribution < -0.4 is 26.6 Å². The lowest BCUT2D eigenvalue weighted by molar-refractivity contribution is -0.282. The van der Waals surface area contributed by atoms with Gasteiger partial charge in [0.05, 0.1) is 57.2 Å². The van der Waals surface area contributed by atoms with E-state index in [1.54, 1.807) is 20.8 Å². The maximum atomic E-state index is 14.3. The van der Waals surface area contributed by atoms with E-state index < -0.39 is 141 Å². The first-order chi connectivity index (χ1) is 41.7. The molecule has 3 aliphatic heterocycles. The third-order valence-electron chi connectivity index (χ3n) is 16.1. The number of rotatable bonds is 45. The first-order valence-electron chi connectivity index (χ1n) is 31.3. The van der Waals surface area contributed by atoms with Gasteiger partial charge >= 0.3 is 0 Å². The molecule has 0 saturated carbocycles. The molecule has 3 fully saturated rings. The summed E-state index contributed by atoms with van der Waals surface area (Å²) >= 11 is 0. The lowest BCUT2D eigenvalue weighted by Crippen LogP contribution is -2.55. The van der Waals surface area contributed by atoms with Crippen molar-refractivity contribution in [3.05, 3.63) is 0 Å². The van der Waals surface area contributed by atoms with Crippen molar-refractivity contribution < 1.29 is 113 Å². The third kappa shape index (κ3) is 28.8. The summed E-state index contributed by atoms with van der Waals surface area (Å²) in [7, 11) is 1.45. The smallest absolute Gasteiger partial charge is 0.228 e. The molecule has 0 aromatic rings. The minimum Gasteiger partial charge on any atom is -0.394 e. The van der Waals surface area contributed by atoms with Gasteiger partial charge in [0.15, 0.2) is 24.7 Å². The Morgan fingerprint density at radius 1 is 0.425 bits per heavy atom. The van der Waals surface area contributed by atoms with E-state index in [1.807, 2.05) is 0 Å². The van der Waals surface area contributed by atoms with Crippen LogP contribution in [0, 0.1) is 23.7 Å². The van der Waals surface area contributed by atoms with E-state index in [9.17, 15) is 79.5 Å². The number of amides is 6. The number of imide groups is 1. The zero-order chi connectivity index (χ0) is 64.3. The van der Waals surface area contributed by atoms with Crippen molar-refractivity contribution in [2.24, 2.45) is 23.7 Å². The van der Waals surface area contributed by atoms with E-state index in [0.717, 1.165) is 0 Å². The Morgan fingerprint density at radius 3 is 1.24 bits per heavy atom. The van der Waals surface area contributed by atoms with Gasteiger partial charge < -0.3 is 100 Å². The molecule has 504 valence electrons. The number of hydrogen-bond acceptors (Lipinski definition) is 23. The second-order valence-corrected chi connectivity index (χ2v) is 23.2. The molecule has 0 bridgehead atoms. The highest BCUT2D eigenvalue weighted by atomic mass is 16.7. The van der Waals surface area contributed by atoms with Crippen molar-refractivity contribution in [2.45, 2.75) is 235 Å². The molecular weight excluding hydrogens is 1150 g/mol. The molecule has 28 nitrogen and oxygen atoms in total. The van der Waals surface area contributed by atoms with Gasteiger partial charge in [-0.3, -0.25) is 38.9 Å². The number of aliphatic hydroxyl groups excluding tert-OH is 9. The van der Waals surface area contributed by atoms with Crippen LogP contribution in [0.5, 0.6) is 0 Å². The summed E-state index contributed by atoms with van der Waals surface area (Å²) in [5.41, 5.74) is 0. The molecule has 3 rings (SSSR count). The molecule has 0 aromatic heterocycles. The van der Waals surface area contributed by atoms with E-state index in [-0.39, 0.29) is 114 Å². The van der Waals surface area contributed by atoms with Gasteiger partial charge in [0.1, 0.15) is 36.6 Å². The molecule has 0 aromatic carbocycles. The Hall–Kier alpha value is -3.95. The lowest BCUT2D eigenvalue weighted by Gasteiger charge is -2.40. The molecule has 14 N–H and O–H groups in total. The molecule has 0 spiro atoms. The molecule has 3 heterocycles. The van der Waals surface area contributed by atoms with Crippen LogP contribution >= 0.6 is 0 Å². The number of nitrogens with one attached hydrogen (secondary N) is 5. The first kappa shape index (κ1) is 77.3. The lowest BCUT2D eigenvalue weighted by atomic mass is 9.91. The Kier molecular flexibility index (Phi) is 38.8. The number of unbranched alkanes of at least 4 members (excludes halogenated alkanes) is 7. The number of methoxy groups -OCH3 is 1. The topological polar surface area (TPSA) is 426 Å². The maximum Gasteiger partial charge on any atom is 0.228 e. The zero-order valence-electron chi connectivity index (χ0n) is 51.5. The summed E-state index contributed by atoms with van der Waals surface area (Å²) in [4.78, 5) is 91.3. The number of carbonyl (C=O) groups excluding carboxylic acids is 7. The number of aliphatic hydroxyl groups is 9. The van der Waals surface area contributed by atoms with Crippen molar-refractivity contribution in [2.75, 3.05) is 73.0 Å². The Morgan fingerprint density at radius 2 is 0.805 bits per heavy atom. The fourth-order valence-corrected chi connectivity index (χ4v) is 10.3. The van der Waals surface area contributed by atoms with Crippen LogP contribution in [0.4, 0.5) is 0 Å². The average molecular weight is 1250 g/mol. The number of ketones is 1. The first-order valence-corrected chi connectivity index (χ1v) is 31.3. The standard InChI is InChI=1S/C59H105N5O23/c1-36-50(74)53(77)42(33-65)85-57(36)82-28-15-9-20-45(69)60-25-13-7-18-39(56(80)62-27-12-5-6-22-48(72)64-49(73)24-31-81-4)32-41(68)40(63-47(71)23-11-17-30-84-59-38(3)52(76)55(79)44(35-67)87-59)19-8-14-26-61-46(70)21-10-16-29-83-58-37(2)51(75)54(78)43(34-66)86-58/h36-40,42-44,50-55,57-59,65-67,74-79H,5-35H2,1-4H3,(H,60,69)(H,61,70)(H,62,80)(H,63,71)(H,64,72,73)/t36?,37?,38?,39?,40?,42?,43?,44?,50-,51-,52-,53+,54+,55+,57-,58-,59-/m1/s1. The van der Waals surface area contributed by atoms with E-state index in [0.29, 0.717) is 90.0 Å². The summed E-state index contributed by atoms with van der Waals surface area (Å²) < 4.78 is 39.0. The van der Waals surface area contributed by atoms with E-state index in [1.165, 1.54) is 7.11 Å². The molecule has 0 aliphatic carbocycles. The molecule has 3 saturated heterocycles. The van der Waals surface area contributed by atoms with Gasteiger partial charge in [-0.2, -0.15) is 0 Å². The van der Waals surface area contributed by atoms with Crippen LogP contribution in [0.3, 0.4) is 0 Å². The molecule has 28 heteroatoms. The van der Waals surface area contributed by atoms with Gasteiger partial charge in [-0.25, -0.2) is 0 Å². The van der Waals surface area contributed by atoms with Crippen molar-refractivity contribution in [1.82, 2.24) is 26.6 Å². The molecule has 3 aliphatic rings. The maximum absolute atomic E-state index is 14.3. The molecule has 0 radical (unpaired) electrons. The molecule has 8 unspecified atom stereocenters. The summed E-state index contributed by atoms with van der Waals surface area (Å²) in [6.45, 7) is 5.06. The summed E-state index contributed by atoms with van der Waals surface area (Å²) in [5, 5.41) is 104. The van der Waals surface area contributed by atoms with Crippen LogP contribution in [0.25, 0.3) is 0 Å². The summed E-state index contributed by atoms with van der Waals surface area (Å²) in [6, 6.07) is -0.986. The summed E-state index contributed by atoms with van der Waals surface area (Å²) in [5.74, 6) is -4.91. The molecule has 6 amide bonds. The molecule has 87 heavy (non-hydrogen) atoms. The highest BCUT2D eigenvalue weighted by Crippen LogP contribution is 2.30. The third-order valence-corrected chi connectivity index (χ3v) is 16.1. The van der Waals surface area contributed by atoms with E-state index in [4.69, 9.17) is 33.2 Å². The largest absolute Gasteiger partial charge is 0.394 e. The van der Waals surface area contributed by atoms with Crippen LogP contribution in [0.2, 0.25) is 0 Å². The van der Waals surface area contributed by atoms with E-state index in [2.05, 4.69) is 26.6 Å². The van der Waals surface area contributed by atoms with E-state index >= 15 is 0 Å². The highest BCUT2D eigenvalue weighted by Gasteiger charge is 2.45. The van der Waals surface area contributed by atoms with Crippen LogP contribution in [-0.2, 0) is 66.7 Å². The van der Waals surface area contributed by atoms with Gasteiger partial charge in [0.25, 0.3) is 0 Å². The van der Waals surface area contributed by atoms with Crippen molar-refractivity contribution in [3.8, 4) is 0 Å². The Bertz CT molecular complexity index is 1990. The number of hydrogen-bond donors (Lipinski definition) is 14. The van der Waals surface area contributed by atoms with Gasteiger partial charge in [0, 0.05) is 102 Å². The molecule has 17 atom stereocenters. The number of ether oxygens (including phenoxy) is 7. The summed E-state index contributed by atoms with van der Waals surface area (Å²) in [6.07, 6.45) is -5.90. The highest BCUT2D eigenvalue weighted by molar-refractivity contribution is 5.95. The predicted molar refractivity (Wildman–Crippen MR) is 310 cm³/mol. The SMILES string of the molecule is COCCC(=O)NC(=O)CCCCCNC(=O)C(CCCCNC(=O)CCCCO[C@@H]1OC(CO)[C@H](O)[C@H](O)C1C)CC(=O)C(CCCCNC(=O)CCCCO[C@@H]1OC(CO)[C@H](O)[C@H](O)C1C)NC(=O)CCCCO[C@@H]1OC(CO)[C@H](O)[C@H](O)C1C. The van der Waals surface area contributed by atoms with Gasteiger partial charge in [-0.15, -0.1) is 0 Å². The predicted octanol–water partition coefficient (Wildman–Crippen LogP) is -1.24. The van der Waals surface area contributed by atoms with Crippen LogP contribution in [0.1, 0.15) is 156 Å². The minimum atomic E-state index is -1.28. The van der Waals surface area contributed by atoms with Crippen molar-refractivity contribution >= 4 is 41.2 Å². The monoisotopic (exact) mass is 1250 g/mol. The Balaban J connectivity index is 1.58. The fraction of sp³-hybridized carbons (Fsp3) is 0.881. The Labute approximate surface area is 511 Å². The van der Waals surface area contributed by atoms with Crippen LogP contribution in [-0.4, -0.2) is 240 Å². The quantitative estimate of drug-likeness (QED) is 0.0317. The minimum absolute atomic E-state index is 0.0172.